The summed E-state index contributed by atoms with van der Waals surface area (Å²) in [4.78, 5) is 18.6. The van der Waals surface area contributed by atoms with Crippen LogP contribution in [0.25, 0.3) is 10.8 Å². The Morgan fingerprint density at radius 1 is 1.10 bits per heavy atom. The van der Waals surface area contributed by atoms with E-state index in [1.807, 2.05) is 12.3 Å². The Kier molecular flexibility index (Phi) is 7.07. The van der Waals surface area contributed by atoms with Gasteiger partial charge < -0.3 is 25.2 Å². The second-order valence-corrected chi connectivity index (χ2v) is 13.4. The van der Waals surface area contributed by atoms with Crippen LogP contribution >= 0.6 is 0 Å². The Morgan fingerprint density at radius 3 is 2.56 bits per heavy atom. The van der Waals surface area contributed by atoms with E-state index in [-0.39, 0.29) is 17.7 Å². The lowest BCUT2D eigenvalue weighted by molar-refractivity contribution is 0.0816. The van der Waals surface area contributed by atoms with Gasteiger partial charge in [-0.05, 0) is 48.9 Å². The molecular weight excluding hydrogens is 514 g/mol. The van der Waals surface area contributed by atoms with Crippen molar-refractivity contribution in [3.63, 3.8) is 0 Å². The molecule has 39 heavy (non-hydrogen) atoms. The van der Waals surface area contributed by atoms with E-state index in [2.05, 4.69) is 50.5 Å². The fourth-order valence-corrected chi connectivity index (χ4v) is 7.17. The van der Waals surface area contributed by atoms with E-state index in [1.165, 1.54) is 17.2 Å². The van der Waals surface area contributed by atoms with Gasteiger partial charge in [-0.2, -0.15) is 4.98 Å². The van der Waals surface area contributed by atoms with Crippen molar-refractivity contribution in [3.8, 4) is 0 Å². The maximum Gasteiger partial charge on any atom is 0.227 e. The fourth-order valence-electron chi connectivity index (χ4n) is 6.01. The zero-order valence-electron chi connectivity index (χ0n) is 22.8. The van der Waals surface area contributed by atoms with Crippen molar-refractivity contribution in [1.29, 1.82) is 0 Å². The van der Waals surface area contributed by atoms with Crippen LogP contribution < -0.4 is 20.4 Å². The normalized spacial score (nSPS) is 22.5. The molecule has 0 aliphatic carbocycles. The summed E-state index contributed by atoms with van der Waals surface area (Å²) in [6.45, 7) is 6.52. The number of pyridine rings is 1. The number of methoxy groups -OCH3 is 1. The summed E-state index contributed by atoms with van der Waals surface area (Å²) in [7, 11) is -1.23. The molecule has 6 rings (SSSR count). The quantitative estimate of drug-likeness (QED) is 0.433. The van der Waals surface area contributed by atoms with Crippen molar-refractivity contribution < 1.29 is 13.2 Å². The van der Waals surface area contributed by atoms with E-state index >= 15 is 0 Å². The minimum Gasteiger partial charge on any atom is -0.381 e. The molecule has 0 bridgehead atoms. The number of fused-ring (bicyclic) bond motifs is 1. The minimum absolute atomic E-state index is 0.145. The van der Waals surface area contributed by atoms with Crippen LogP contribution in [0.15, 0.2) is 36.7 Å². The number of nitrogens with one attached hydrogen (secondary N) is 2. The van der Waals surface area contributed by atoms with Crippen LogP contribution in [0, 0.1) is 5.92 Å². The second kappa shape index (κ2) is 10.5. The molecule has 5 heterocycles. The minimum atomic E-state index is -3.00. The summed E-state index contributed by atoms with van der Waals surface area (Å²) < 4.78 is 29.2. The molecular formula is C28H37N7O3S. The topological polar surface area (TPSA) is 113 Å². The summed E-state index contributed by atoms with van der Waals surface area (Å²) in [6.07, 6.45) is 7.29. The number of ether oxygens (including phenoxy) is 1. The van der Waals surface area contributed by atoms with Gasteiger partial charge in [0, 0.05) is 87.4 Å². The predicted molar refractivity (Wildman–Crippen MR) is 155 cm³/mol. The third kappa shape index (κ3) is 5.39. The number of piperidine rings is 1. The number of benzene rings is 1. The van der Waals surface area contributed by atoms with Crippen LogP contribution in [0.3, 0.4) is 0 Å². The third-order valence-electron chi connectivity index (χ3n) is 8.52. The Bertz CT molecular complexity index is 1450. The molecule has 2 N–H and O–H groups in total. The van der Waals surface area contributed by atoms with Crippen molar-refractivity contribution in [2.45, 2.75) is 37.8 Å². The predicted octanol–water partition coefficient (Wildman–Crippen LogP) is 2.94. The van der Waals surface area contributed by atoms with Gasteiger partial charge in [-0.15, -0.1) is 0 Å². The molecule has 3 aromatic rings. The first-order valence-electron chi connectivity index (χ1n) is 13.7. The molecule has 0 radical (unpaired) electrons. The molecule has 3 saturated heterocycles. The van der Waals surface area contributed by atoms with Gasteiger partial charge in [0.25, 0.3) is 0 Å². The SMILES string of the molecule is COC1CCN(c2nccc(Nc3cc4c(C5CNC5)ccc(N5C[C@H](CS(C)(=O)=O)[C@H]5C)c4cn3)n2)CC1. The van der Waals surface area contributed by atoms with Crippen LogP contribution in [-0.2, 0) is 14.6 Å². The van der Waals surface area contributed by atoms with Gasteiger partial charge in [0.05, 0.1) is 11.9 Å². The zero-order valence-corrected chi connectivity index (χ0v) is 23.6. The Labute approximate surface area is 230 Å². The Balaban J connectivity index is 1.26. The highest BCUT2D eigenvalue weighted by molar-refractivity contribution is 7.90. The number of aromatic nitrogens is 3. The summed E-state index contributed by atoms with van der Waals surface area (Å²) in [6, 6.07) is 8.56. The van der Waals surface area contributed by atoms with Crippen molar-refractivity contribution in [2.24, 2.45) is 5.92 Å². The van der Waals surface area contributed by atoms with Crippen molar-refractivity contribution in [3.05, 3.63) is 42.2 Å². The first-order valence-corrected chi connectivity index (χ1v) is 15.8. The van der Waals surface area contributed by atoms with Crippen molar-refractivity contribution in [1.82, 2.24) is 20.3 Å². The van der Waals surface area contributed by atoms with E-state index in [0.717, 1.165) is 62.5 Å². The van der Waals surface area contributed by atoms with Crippen LogP contribution in [0.1, 0.15) is 31.2 Å². The van der Waals surface area contributed by atoms with E-state index in [0.29, 0.717) is 23.8 Å². The van der Waals surface area contributed by atoms with Gasteiger partial charge in [-0.3, -0.25) is 0 Å². The molecule has 2 aromatic heterocycles. The standard InChI is InChI=1S/C28H37N7O3S/c1-18-20(17-39(3,36)37)16-35(18)25-5-4-22(19-13-29-14-19)23-12-27(31-15-24(23)25)32-26-6-9-30-28(33-26)34-10-7-21(38-2)8-11-34/h4-6,9,12,15,18-21,29H,7-8,10-11,13-14,16-17H2,1-3H3,(H,30,31,32,33)/t18-,20-/m1/s1. The molecule has 2 atom stereocenters. The number of anilines is 4. The molecule has 1 aromatic carbocycles. The number of hydrogen-bond acceptors (Lipinski definition) is 10. The van der Waals surface area contributed by atoms with Gasteiger partial charge in [-0.1, -0.05) is 6.07 Å². The molecule has 3 aliphatic heterocycles. The summed E-state index contributed by atoms with van der Waals surface area (Å²) in [5, 5.41) is 9.06. The molecule has 3 aliphatic rings. The molecule has 208 valence electrons. The third-order valence-corrected chi connectivity index (χ3v) is 9.56. The average molecular weight is 552 g/mol. The van der Waals surface area contributed by atoms with Gasteiger partial charge in [-0.25, -0.2) is 18.4 Å². The fraction of sp³-hybridized carbons (Fsp3) is 0.536. The van der Waals surface area contributed by atoms with Crippen LogP contribution in [-0.4, -0.2) is 87.4 Å². The van der Waals surface area contributed by atoms with Crippen molar-refractivity contribution >= 4 is 43.9 Å². The first-order chi connectivity index (χ1) is 18.8. The molecule has 0 spiro atoms. The highest BCUT2D eigenvalue weighted by Crippen LogP contribution is 2.40. The monoisotopic (exact) mass is 551 g/mol. The first kappa shape index (κ1) is 26.2. The lowest BCUT2D eigenvalue weighted by atomic mass is 9.86. The largest absolute Gasteiger partial charge is 0.381 e. The number of nitrogens with zero attached hydrogens (tertiary/aromatic N) is 5. The van der Waals surface area contributed by atoms with Gasteiger partial charge in [0.1, 0.15) is 21.5 Å². The van der Waals surface area contributed by atoms with Crippen molar-refractivity contribution in [2.75, 3.05) is 67.0 Å². The Morgan fingerprint density at radius 2 is 1.90 bits per heavy atom. The van der Waals surface area contributed by atoms with E-state index in [9.17, 15) is 8.42 Å². The molecule has 11 heteroatoms. The van der Waals surface area contributed by atoms with Gasteiger partial charge >= 0.3 is 0 Å². The second-order valence-electron chi connectivity index (χ2n) is 11.2. The van der Waals surface area contributed by atoms with Crippen LogP contribution in [0.5, 0.6) is 0 Å². The van der Waals surface area contributed by atoms with Gasteiger partial charge in [0.2, 0.25) is 5.95 Å². The summed E-state index contributed by atoms with van der Waals surface area (Å²) in [5.41, 5.74) is 2.42. The molecule has 3 fully saturated rings. The molecule has 0 amide bonds. The lowest BCUT2D eigenvalue weighted by Gasteiger charge is -2.48. The number of sulfone groups is 1. The highest BCUT2D eigenvalue weighted by atomic mass is 32.2. The maximum absolute atomic E-state index is 11.9. The average Bonchev–Trinajstić information content (AvgIpc) is 2.90. The van der Waals surface area contributed by atoms with Crippen LogP contribution in [0.2, 0.25) is 0 Å². The smallest absolute Gasteiger partial charge is 0.227 e. The van der Waals surface area contributed by atoms with E-state index < -0.39 is 9.84 Å². The van der Waals surface area contributed by atoms with Gasteiger partial charge in [0.15, 0.2) is 0 Å². The zero-order chi connectivity index (χ0) is 27.1. The van der Waals surface area contributed by atoms with E-state index in [1.54, 1.807) is 13.3 Å². The Hall–Kier alpha value is -3.02. The lowest BCUT2D eigenvalue weighted by Crippen LogP contribution is -2.57. The summed E-state index contributed by atoms with van der Waals surface area (Å²) in [5.74, 6) is 3.00. The van der Waals surface area contributed by atoms with Crippen LogP contribution in [0.4, 0.5) is 23.3 Å². The maximum atomic E-state index is 11.9. The number of rotatable bonds is 8. The van der Waals surface area contributed by atoms with E-state index in [4.69, 9.17) is 14.7 Å². The number of hydrogen-bond donors (Lipinski definition) is 2. The summed E-state index contributed by atoms with van der Waals surface area (Å²) >= 11 is 0. The molecule has 0 unspecified atom stereocenters. The molecule has 0 saturated carbocycles. The highest BCUT2D eigenvalue weighted by Gasteiger charge is 2.38. The molecule has 10 nitrogen and oxygen atoms in total.